The van der Waals surface area contributed by atoms with Crippen LogP contribution < -0.4 is 14.2 Å². The highest BCUT2D eigenvalue weighted by atomic mass is 79.9. The van der Waals surface area contributed by atoms with Crippen molar-refractivity contribution in [3.05, 3.63) is 57.7 Å². The van der Waals surface area contributed by atoms with Crippen LogP contribution in [-0.2, 0) is 9.53 Å². The van der Waals surface area contributed by atoms with Crippen molar-refractivity contribution in [2.45, 2.75) is 13.3 Å². The van der Waals surface area contributed by atoms with E-state index in [4.69, 9.17) is 18.9 Å². The Labute approximate surface area is 171 Å². The van der Waals surface area contributed by atoms with Crippen molar-refractivity contribution in [1.82, 2.24) is 0 Å². The number of esters is 1. The first-order valence-corrected chi connectivity index (χ1v) is 9.52. The molecule has 7 heteroatoms. The Bertz CT molecular complexity index is 952. The molecule has 0 amide bonds. The van der Waals surface area contributed by atoms with Crippen LogP contribution in [0.1, 0.15) is 24.5 Å². The normalized spacial score (nSPS) is 14.6. The number of ether oxygens (including phenoxy) is 4. The summed E-state index contributed by atoms with van der Waals surface area (Å²) >= 11 is 3.50. The number of rotatable bonds is 7. The van der Waals surface area contributed by atoms with E-state index in [2.05, 4.69) is 20.9 Å². The highest BCUT2D eigenvalue weighted by molar-refractivity contribution is 9.10. The molecular formula is C21H20BrNO5. The fraction of sp³-hybridized carbons (Fsp3) is 0.238. The molecule has 2 aromatic rings. The summed E-state index contributed by atoms with van der Waals surface area (Å²) in [7, 11) is 3.15. The third-order valence-electron chi connectivity index (χ3n) is 3.94. The van der Waals surface area contributed by atoms with Gasteiger partial charge in [-0.2, -0.15) is 0 Å². The Morgan fingerprint density at radius 2 is 2.00 bits per heavy atom. The summed E-state index contributed by atoms with van der Waals surface area (Å²) in [5, 5.41) is 0. The summed E-state index contributed by atoms with van der Waals surface area (Å²) in [5.74, 6) is 1.58. The molecular weight excluding hydrogens is 426 g/mol. The summed E-state index contributed by atoms with van der Waals surface area (Å²) in [5.41, 5.74) is 1.60. The number of methoxy groups -OCH3 is 2. The molecule has 0 atom stereocenters. The molecule has 1 aliphatic rings. The van der Waals surface area contributed by atoms with E-state index in [-0.39, 0.29) is 11.6 Å². The van der Waals surface area contributed by atoms with E-state index in [1.807, 2.05) is 25.1 Å². The van der Waals surface area contributed by atoms with Crippen LogP contribution in [0.5, 0.6) is 17.2 Å². The van der Waals surface area contributed by atoms with Crippen molar-refractivity contribution in [3.8, 4) is 17.2 Å². The fourth-order valence-electron chi connectivity index (χ4n) is 2.61. The predicted molar refractivity (Wildman–Crippen MR) is 110 cm³/mol. The quantitative estimate of drug-likeness (QED) is 0.460. The summed E-state index contributed by atoms with van der Waals surface area (Å²) in [6.45, 7) is 2.61. The molecule has 1 heterocycles. The molecule has 0 saturated carbocycles. The second-order valence-corrected chi connectivity index (χ2v) is 6.80. The van der Waals surface area contributed by atoms with Crippen LogP contribution in [0, 0.1) is 0 Å². The van der Waals surface area contributed by atoms with Gasteiger partial charge in [-0.25, -0.2) is 9.79 Å². The van der Waals surface area contributed by atoms with Crippen molar-refractivity contribution < 1.29 is 23.7 Å². The Hall–Kier alpha value is -2.80. The second kappa shape index (κ2) is 8.93. The number of aliphatic imine (C=N–C) groups is 1. The maximum atomic E-state index is 12.3. The van der Waals surface area contributed by atoms with Gasteiger partial charge in [-0.3, -0.25) is 0 Å². The largest absolute Gasteiger partial charge is 0.497 e. The van der Waals surface area contributed by atoms with E-state index in [1.165, 1.54) is 0 Å². The zero-order chi connectivity index (χ0) is 20.1. The smallest absolute Gasteiger partial charge is 0.363 e. The van der Waals surface area contributed by atoms with Gasteiger partial charge < -0.3 is 18.9 Å². The van der Waals surface area contributed by atoms with E-state index >= 15 is 0 Å². The first-order chi connectivity index (χ1) is 13.5. The minimum Gasteiger partial charge on any atom is -0.497 e. The summed E-state index contributed by atoms with van der Waals surface area (Å²) < 4.78 is 22.4. The molecule has 2 aromatic carbocycles. The lowest BCUT2D eigenvalue weighted by atomic mass is 10.1. The second-order valence-electron chi connectivity index (χ2n) is 5.95. The lowest BCUT2D eigenvalue weighted by Crippen LogP contribution is -2.05. The number of halogens is 1. The van der Waals surface area contributed by atoms with Crippen LogP contribution >= 0.6 is 15.9 Å². The number of hydrogen-bond donors (Lipinski definition) is 0. The van der Waals surface area contributed by atoms with Crippen molar-refractivity contribution >= 4 is 33.9 Å². The number of cyclic esters (lactones) is 1. The molecule has 0 bridgehead atoms. The van der Waals surface area contributed by atoms with Gasteiger partial charge in [-0.1, -0.05) is 13.0 Å². The average molecular weight is 446 g/mol. The van der Waals surface area contributed by atoms with Gasteiger partial charge >= 0.3 is 5.97 Å². The van der Waals surface area contributed by atoms with Crippen molar-refractivity contribution in [1.29, 1.82) is 0 Å². The third kappa shape index (κ3) is 4.36. The van der Waals surface area contributed by atoms with Gasteiger partial charge in [-0.15, -0.1) is 0 Å². The SMILES string of the molecule is CCCOc1c(Br)cc(C=C2N=C(c3cccc(OC)c3)OC2=O)cc1OC. The van der Waals surface area contributed by atoms with Gasteiger partial charge in [0.25, 0.3) is 0 Å². The standard InChI is InChI=1S/C21H20BrNO5/c1-4-8-27-19-16(22)9-13(11-18(19)26-3)10-17-21(24)28-20(23-17)14-6-5-7-15(12-14)25-2/h5-7,9-12H,4,8H2,1-3H3. The first kappa shape index (κ1) is 19.9. The van der Waals surface area contributed by atoms with E-state index in [0.29, 0.717) is 29.4 Å². The molecule has 6 nitrogen and oxygen atoms in total. The lowest BCUT2D eigenvalue weighted by Gasteiger charge is -2.13. The number of carbonyl (C=O) groups is 1. The molecule has 0 fully saturated rings. The van der Waals surface area contributed by atoms with Gasteiger partial charge in [-0.05, 0) is 64.3 Å². The van der Waals surface area contributed by atoms with Gasteiger partial charge in [0, 0.05) is 5.56 Å². The van der Waals surface area contributed by atoms with Crippen LogP contribution in [0.25, 0.3) is 6.08 Å². The molecule has 0 spiro atoms. The van der Waals surface area contributed by atoms with E-state index in [1.54, 1.807) is 38.5 Å². The first-order valence-electron chi connectivity index (χ1n) is 8.73. The Morgan fingerprint density at radius 1 is 1.18 bits per heavy atom. The topological polar surface area (TPSA) is 66.3 Å². The van der Waals surface area contributed by atoms with Crippen LogP contribution in [0.2, 0.25) is 0 Å². The summed E-state index contributed by atoms with van der Waals surface area (Å²) in [4.78, 5) is 16.6. The molecule has 0 aliphatic carbocycles. The van der Waals surface area contributed by atoms with Gasteiger partial charge in [0.1, 0.15) is 5.75 Å². The van der Waals surface area contributed by atoms with Crippen molar-refractivity contribution in [2.24, 2.45) is 4.99 Å². The van der Waals surface area contributed by atoms with Crippen LogP contribution in [0.3, 0.4) is 0 Å². The number of benzene rings is 2. The van der Waals surface area contributed by atoms with E-state index in [9.17, 15) is 4.79 Å². The van der Waals surface area contributed by atoms with Crippen molar-refractivity contribution in [2.75, 3.05) is 20.8 Å². The average Bonchev–Trinajstić information content (AvgIpc) is 3.07. The Kier molecular flexibility index (Phi) is 6.36. The molecule has 0 aromatic heterocycles. The Morgan fingerprint density at radius 3 is 2.71 bits per heavy atom. The highest BCUT2D eigenvalue weighted by Crippen LogP contribution is 2.37. The lowest BCUT2D eigenvalue weighted by molar-refractivity contribution is -0.129. The minimum atomic E-state index is -0.515. The Balaban J connectivity index is 1.93. The highest BCUT2D eigenvalue weighted by Gasteiger charge is 2.24. The molecule has 0 radical (unpaired) electrons. The number of nitrogens with zero attached hydrogens (tertiary/aromatic N) is 1. The third-order valence-corrected chi connectivity index (χ3v) is 4.53. The summed E-state index contributed by atoms with van der Waals surface area (Å²) in [6.07, 6.45) is 2.53. The molecule has 0 N–H and O–H groups in total. The molecule has 1 aliphatic heterocycles. The maximum Gasteiger partial charge on any atom is 0.363 e. The predicted octanol–water partition coefficient (Wildman–Crippen LogP) is 4.60. The van der Waals surface area contributed by atoms with Gasteiger partial charge in [0.15, 0.2) is 17.2 Å². The maximum absolute atomic E-state index is 12.3. The van der Waals surface area contributed by atoms with Crippen molar-refractivity contribution in [3.63, 3.8) is 0 Å². The van der Waals surface area contributed by atoms with E-state index in [0.717, 1.165) is 16.5 Å². The molecule has 0 saturated heterocycles. The van der Waals surface area contributed by atoms with Crippen LogP contribution in [0.15, 0.2) is 51.6 Å². The monoisotopic (exact) mass is 445 g/mol. The van der Waals surface area contributed by atoms with Crippen LogP contribution in [0.4, 0.5) is 0 Å². The summed E-state index contributed by atoms with van der Waals surface area (Å²) in [6, 6.07) is 10.8. The van der Waals surface area contributed by atoms with Gasteiger partial charge in [0.2, 0.25) is 5.90 Å². The van der Waals surface area contributed by atoms with Crippen LogP contribution in [-0.4, -0.2) is 32.7 Å². The van der Waals surface area contributed by atoms with Gasteiger partial charge in [0.05, 0.1) is 25.3 Å². The fourth-order valence-corrected chi connectivity index (χ4v) is 3.19. The number of hydrogen-bond acceptors (Lipinski definition) is 6. The molecule has 28 heavy (non-hydrogen) atoms. The molecule has 3 rings (SSSR count). The molecule has 146 valence electrons. The molecule has 0 unspecified atom stereocenters. The van der Waals surface area contributed by atoms with E-state index < -0.39 is 5.97 Å². The zero-order valence-corrected chi connectivity index (χ0v) is 17.4. The minimum absolute atomic E-state index is 0.203. The zero-order valence-electron chi connectivity index (χ0n) is 15.8. The number of carbonyl (C=O) groups excluding carboxylic acids is 1.